The van der Waals surface area contributed by atoms with Crippen LogP contribution in [0.4, 0.5) is 4.79 Å². The third-order valence-corrected chi connectivity index (χ3v) is 4.85. The summed E-state index contributed by atoms with van der Waals surface area (Å²) in [4.78, 5) is 25.9. The number of nitrogens with one attached hydrogen (secondary N) is 2. The molecule has 0 bridgehead atoms. The number of aromatic nitrogens is 3. The van der Waals surface area contributed by atoms with Crippen LogP contribution in [0.15, 0.2) is 30.3 Å². The van der Waals surface area contributed by atoms with Crippen molar-refractivity contribution in [2.24, 2.45) is 5.92 Å². The molecule has 0 saturated carbocycles. The summed E-state index contributed by atoms with van der Waals surface area (Å²) in [5.74, 6) is 0.0485. The number of ether oxygens (including phenoxy) is 1. The molecule has 1 atom stereocenters. The Bertz CT molecular complexity index is 753. The van der Waals surface area contributed by atoms with Crippen molar-refractivity contribution in [1.82, 2.24) is 25.6 Å². The molecular weight excluding hydrogens is 334 g/mol. The maximum absolute atomic E-state index is 12.7. The van der Waals surface area contributed by atoms with E-state index in [1.807, 2.05) is 37.3 Å². The van der Waals surface area contributed by atoms with Gasteiger partial charge in [-0.3, -0.25) is 4.79 Å². The van der Waals surface area contributed by atoms with Gasteiger partial charge in [0.15, 0.2) is 5.69 Å². The van der Waals surface area contributed by atoms with E-state index >= 15 is 0 Å². The Morgan fingerprint density at radius 1 is 1.23 bits per heavy atom. The van der Waals surface area contributed by atoms with E-state index in [4.69, 9.17) is 4.74 Å². The summed E-state index contributed by atoms with van der Waals surface area (Å²) < 4.78 is 4.75. The fraction of sp³-hybridized carbons (Fsp3) is 0.444. The molecule has 1 aromatic carbocycles. The highest BCUT2D eigenvalue weighted by molar-refractivity contribution is 5.98. The molecule has 2 amide bonds. The molecule has 26 heavy (non-hydrogen) atoms. The van der Waals surface area contributed by atoms with E-state index in [1.54, 1.807) is 4.90 Å². The van der Waals surface area contributed by atoms with Gasteiger partial charge in [0.05, 0.1) is 7.11 Å². The minimum atomic E-state index is -0.296. The number of methoxy groups -OCH3 is 1. The second kappa shape index (κ2) is 7.99. The van der Waals surface area contributed by atoms with Crippen LogP contribution in [0.25, 0.3) is 11.3 Å². The number of hydrogen-bond acceptors (Lipinski definition) is 5. The first-order valence-electron chi connectivity index (χ1n) is 8.70. The summed E-state index contributed by atoms with van der Waals surface area (Å²) in [5.41, 5.74) is 1.66. The standard InChI is InChI=1S/C18H23N5O3/c1-12(13-8-10-23(11-9-13)18(25)26-2)19-17(24)16-15(20-22-21-16)14-6-4-3-5-7-14/h3-7,12-13H,8-11H2,1-2H3,(H,19,24)(H,20,21,22). The maximum Gasteiger partial charge on any atom is 0.409 e. The van der Waals surface area contributed by atoms with E-state index in [2.05, 4.69) is 20.7 Å². The van der Waals surface area contributed by atoms with E-state index in [-0.39, 0.29) is 23.7 Å². The molecule has 8 heteroatoms. The van der Waals surface area contributed by atoms with Gasteiger partial charge in [0, 0.05) is 24.7 Å². The molecule has 1 saturated heterocycles. The third kappa shape index (κ3) is 3.84. The highest BCUT2D eigenvalue weighted by Crippen LogP contribution is 2.23. The zero-order valence-corrected chi connectivity index (χ0v) is 14.9. The Hall–Kier alpha value is -2.90. The largest absolute Gasteiger partial charge is 0.453 e. The maximum atomic E-state index is 12.7. The number of benzene rings is 1. The van der Waals surface area contributed by atoms with Crippen LogP contribution in [-0.4, -0.2) is 58.6 Å². The highest BCUT2D eigenvalue weighted by Gasteiger charge is 2.28. The molecule has 8 nitrogen and oxygen atoms in total. The Kier molecular flexibility index (Phi) is 5.50. The lowest BCUT2D eigenvalue weighted by Gasteiger charge is -2.34. The molecule has 0 spiro atoms. The SMILES string of the molecule is COC(=O)N1CCC(C(C)NC(=O)c2n[nH]nc2-c2ccccc2)CC1. The van der Waals surface area contributed by atoms with Crippen molar-refractivity contribution >= 4 is 12.0 Å². The molecule has 2 aromatic rings. The van der Waals surface area contributed by atoms with Crippen LogP contribution in [0, 0.1) is 5.92 Å². The normalized spacial score (nSPS) is 16.2. The van der Waals surface area contributed by atoms with E-state index in [1.165, 1.54) is 7.11 Å². The summed E-state index contributed by atoms with van der Waals surface area (Å²) in [6, 6.07) is 9.45. The van der Waals surface area contributed by atoms with Crippen molar-refractivity contribution in [2.45, 2.75) is 25.8 Å². The van der Waals surface area contributed by atoms with Gasteiger partial charge in [-0.2, -0.15) is 15.4 Å². The lowest BCUT2D eigenvalue weighted by Crippen LogP contribution is -2.45. The smallest absolute Gasteiger partial charge is 0.409 e. The molecule has 1 aromatic heterocycles. The van der Waals surface area contributed by atoms with Crippen LogP contribution < -0.4 is 5.32 Å². The Morgan fingerprint density at radius 3 is 2.58 bits per heavy atom. The van der Waals surface area contributed by atoms with Crippen molar-refractivity contribution in [3.05, 3.63) is 36.0 Å². The molecule has 2 N–H and O–H groups in total. The molecule has 2 heterocycles. The Balaban J connectivity index is 1.61. The first kappa shape index (κ1) is 17.9. The number of nitrogens with zero attached hydrogens (tertiary/aromatic N) is 3. The molecular formula is C18H23N5O3. The second-order valence-electron chi connectivity index (χ2n) is 6.44. The van der Waals surface area contributed by atoms with Gasteiger partial charge >= 0.3 is 6.09 Å². The minimum Gasteiger partial charge on any atom is -0.453 e. The van der Waals surface area contributed by atoms with Crippen LogP contribution in [0.1, 0.15) is 30.3 Å². The number of carbonyl (C=O) groups is 2. The number of piperidine rings is 1. The lowest BCUT2D eigenvalue weighted by atomic mass is 9.90. The summed E-state index contributed by atoms with van der Waals surface area (Å²) in [5, 5.41) is 13.7. The van der Waals surface area contributed by atoms with Crippen molar-refractivity contribution in [2.75, 3.05) is 20.2 Å². The van der Waals surface area contributed by atoms with Crippen molar-refractivity contribution < 1.29 is 14.3 Å². The molecule has 0 radical (unpaired) electrons. The number of H-pyrrole nitrogens is 1. The minimum absolute atomic E-state index is 0.0254. The summed E-state index contributed by atoms with van der Waals surface area (Å²) in [6.45, 7) is 3.26. The van der Waals surface area contributed by atoms with Gasteiger partial charge in [-0.15, -0.1) is 0 Å². The van der Waals surface area contributed by atoms with Crippen molar-refractivity contribution in [1.29, 1.82) is 0 Å². The molecule has 0 aliphatic carbocycles. The fourth-order valence-electron chi connectivity index (χ4n) is 3.29. The topological polar surface area (TPSA) is 100 Å². The highest BCUT2D eigenvalue weighted by atomic mass is 16.5. The number of rotatable bonds is 4. The van der Waals surface area contributed by atoms with Crippen LogP contribution in [0.2, 0.25) is 0 Å². The number of likely N-dealkylation sites (tertiary alicyclic amines) is 1. The number of amides is 2. The van der Waals surface area contributed by atoms with Gasteiger partial charge in [0.2, 0.25) is 0 Å². The van der Waals surface area contributed by atoms with Gasteiger partial charge in [-0.05, 0) is 25.7 Å². The van der Waals surface area contributed by atoms with E-state index in [9.17, 15) is 9.59 Å². The molecule has 1 unspecified atom stereocenters. The predicted molar refractivity (Wildman–Crippen MR) is 95.4 cm³/mol. The lowest BCUT2D eigenvalue weighted by molar-refractivity contribution is 0.0863. The van der Waals surface area contributed by atoms with Crippen LogP contribution in [0.5, 0.6) is 0 Å². The second-order valence-corrected chi connectivity index (χ2v) is 6.44. The summed E-state index contributed by atoms with van der Waals surface area (Å²) in [7, 11) is 1.39. The molecule has 1 aliphatic heterocycles. The molecule has 138 valence electrons. The fourth-order valence-corrected chi connectivity index (χ4v) is 3.29. The van der Waals surface area contributed by atoms with Gasteiger partial charge in [-0.1, -0.05) is 30.3 Å². The summed E-state index contributed by atoms with van der Waals surface area (Å²) >= 11 is 0. The van der Waals surface area contributed by atoms with Gasteiger partial charge in [-0.25, -0.2) is 4.79 Å². The molecule has 1 aliphatic rings. The van der Waals surface area contributed by atoms with Crippen molar-refractivity contribution in [3.63, 3.8) is 0 Å². The number of aromatic amines is 1. The Morgan fingerprint density at radius 2 is 1.92 bits per heavy atom. The molecule has 3 rings (SSSR count). The predicted octanol–water partition coefficient (Wildman–Crippen LogP) is 2.07. The molecule has 1 fully saturated rings. The van der Waals surface area contributed by atoms with Crippen molar-refractivity contribution in [3.8, 4) is 11.3 Å². The quantitative estimate of drug-likeness (QED) is 0.872. The van der Waals surface area contributed by atoms with E-state index < -0.39 is 0 Å². The zero-order valence-electron chi connectivity index (χ0n) is 14.9. The van der Waals surface area contributed by atoms with E-state index in [0.717, 1.165) is 18.4 Å². The monoisotopic (exact) mass is 357 g/mol. The Labute approximate surface area is 151 Å². The number of hydrogen-bond donors (Lipinski definition) is 2. The van der Waals surface area contributed by atoms with Crippen LogP contribution in [-0.2, 0) is 4.74 Å². The van der Waals surface area contributed by atoms with Gasteiger partial charge in [0.25, 0.3) is 5.91 Å². The third-order valence-electron chi connectivity index (χ3n) is 4.85. The van der Waals surface area contributed by atoms with E-state index in [0.29, 0.717) is 24.7 Å². The first-order valence-corrected chi connectivity index (χ1v) is 8.70. The number of carbonyl (C=O) groups excluding carboxylic acids is 2. The average molecular weight is 357 g/mol. The van der Waals surface area contributed by atoms with Gasteiger partial charge < -0.3 is 15.0 Å². The average Bonchev–Trinajstić information content (AvgIpc) is 3.18. The zero-order chi connectivity index (χ0) is 18.5. The summed E-state index contributed by atoms with van der Waals surface area (Å²) in [6.07, 6.45) is 1.34. The van der Waals surface area contributed by atoms with Gasteiger partial charge in [0.1, 0.15) is 5.69 Å². The first-order chi connectivity index (χ1) is 12.6. The van der Waals surface area contributed by atoms with Crippen LogP contribution in [0.3, 0.4) is 0 Å². The van der Waals surface area contributed by atoms with Crippen LogP contribution >= 0.6 is 0 Å².